The SMILES string of the molecule is Cc1ccc2nc(NC(=O)[C@H]3CCCN3C(=O)CN)sc2c1. The average molecular weight is 318 g/mol. The molecule has 1 aliphatic heterocycles. The van der Waals surface area contributed by atoms with Crippen LogP contribution in [-0.4, -0.2) is 40.8 Å². The first-order valence-corrected chi connectivity index (χ1v) is 8.07. The summed E-state index contributed by atoms with van der Waals surface area (Å²) in [6.07, 6.45) is 1.49. The molecule has 6 nitrogen and oxygen atoms in total. The summed E-state index contributed by atoms with van der Waals surface area (Å²) < 4.78 is 1.04. The molecule has 2 heterocycles. The Hall–Kier alpha value is -1.99. The fourth-order valence-corrected chi connectivity index (χ4v) is 3.70. The summed E-state index contributed by atoms with van der Waals surface area (Å²) in [4.78, 5) is 30.2. The second kappa shape index (κ2) is 6.02. The van der Waals surface area contributed by atoms with Gasteiger partial charge in [0.05, 0.1) is 16.8 Å². The molecule has 2 aromatic rings. The number of hydrogen-bond acceptors (Lipinski definition) is 5. The minimum absolute atomic E-state index is 0.0653. The fourth-order valence-electron chi connectivity index (χ4n) is 2.73. The number of aryl methyl sites for hydroxylation is 1. The largest absolute Gasteiger partial charge is 0.330 e. The van der Waals surface area contributed by atoms with Crippen molar-refractivity contribution in [1.29, 1.82) is 0 Å². The number of likely N-dealkylation sites (tertiary alicyclic amines) is 1. The fraction of sp³-hybridized carbons (Fsp3) is 0.400. The Morgan fingerprint density at radius 2 is 2.32 bits per heavy atom. The maximum atomic E-state index is 12.4. The Morgan fingerprint density at radius 1 is 1.50 bits per heavy atom. The van der Waals surface area contributed by atoms with Crippen LogP contribution < -0.4 is 11.1 Å². The zero-order chi connectivity index (χ0) is 15.7. The number of nitrogens with two attached hydrogens (primary N) is 1. The van der Waals surface area contributed by atoms with Crippen LogP contribution in [-0.2, 0) is 9.59 Å². The Bertz CT molecular complexity index is 727. The summed E-state index contributed by atoms with van der Waals surface area (Å²) in [6, 6.07) is 5.54. The van der Waals surface area contributed by atoms with E-state index in [1.165, 1.54) is 11.3 Å². The van der Waals surface area contributed by atoms with Crippen molar-refractivity contribution < 1.29 is 9.59 Å². The summed E-state index contributed by atoms with van der Waals surface area (Å²) in [7, 11) is 0. The average Bonchev–Trinajstić information content (AvgIpc) is 3.11. The molecule has 116 valence electrons. The van der Waals surface area contributed by atoms with Crippen molar-refractivity contribution in [2.75, 3.05) is 18.4 Å². The zero-order valence-corrected chi connectivity index (χ0v) is 13.2. The van der Waals surface area contributed by atoms with Gasteiger partial charge in [0.1, 0.15) is 6.04 Å². The van der Waals surface area contributed by atoms with Crippen molar-refractivity contribution in [3.05, 3.63) is 23.8 Å². The molecule has 0 saturated carbocycles. The number of nitrogens with zero attached hydrogens (tertiary/aromatic N) is 2. The maximum Gasteiger partial charge on any atom is 0.248 e. The molecule has 0 aliphatic carbocycles. The predicted octanol–water partition coefficient (Wildman–Crippen LogP) is 1.49. The van der Waals surface area contributed by atoms with Crippen LogP contribution in [0, 0.1) is 6.92 Å². The van der Waals surface area contributed by atoms with Crippen molar-refractivity contribution in [2.24, 2.45) is 5.73 Å². The lowest BCUT2D eigenvalue weighted by atomic mass is 10.2. The second-order valence-corrected chi connectivity index (χ2v) is 6.46. The molecule has 3 rings (SSSR count). The van der Waals surface area contributed by atoms with Crippen LogP contribution in [0.1, 0.15) is 18.4 Å². The van der Waals surface area contributed by atoms with Gasteiger partial charge in [0.25, 0.3) is 0 Å². The van der Waals surface area contributed by atoms with E-state index in [0.717, 1.165) is 22.2 Å². The number of carbonyl (C=O) groups is 2. The Morgan fingerprint density at radius 3 is 3.09 bits per heavy atom. The lowest BCUT2D eigenvalue weighted by molar-refractivity contribution is -0.135. The molecule has 1 saturated heterocycles. The van der Waals surface area contributed by atoms with Crippen LogP contribution in [0.5, 0.6) is 0 Å². The number of hydrogen-bond donors (Lipinski definition) is 2. The van der Waals surface area contributed by atoms with Gasteiger partial charge in [0.2, 0.25) is 11.8 Å². The van der Waals surface area contributed by atoms with E-state index in [1.807, 2.05) is 25.1 Å². The standard InChI is InChI=1S/C15H18N4O2S/c1-9-4-5-10-12(7-9)22-15(17-10)18-14(21)11-3-2-6-19(11)13(20)8-16/h4-5,7,11H,2-3,6,8,16H2,1H3,(H,17,18,21)/t11-/m1/s1. The Labute approximate surface area is 132 Å². The molecule has 3 N–H and O–H groups in total. The van der Waals surface area contributed by atoms with Crippen LogP contribution >= 0.6 is 11.3 Å². The zero-order valence-electron chi connectivity index (χ0n) is 12.3. The van der Waals surface area contributed by atoms with E-state index in [9.17, 15) is 9.59 Å². The van der Waals surface area contributed by atoms with Crippen LogP contribution in [0.4, 0.5) is 5.13 Å². The normalized spacial score (nSPS) is 17.9. The number of amides is 2. The molecule has 0 radical (unpaired) electrons. The first-order chi connectivity index (χ1) is 10.6. The van der Waals surface area contributed by atoms with E-state index in [0.29, 0.717) is 18.1 Å². The molecule has 1 aromatic carbocycles. The number of anilines is 1. The van der Waals surface area contributed by atoms with Gasteiger partial charge in [0, 0.05) is 6.54 Å². The van der Waals surface area contributed by atoms with E-state index in [1.54, 1.807) is 4.90 Å². The van der Waals surface area contributed by atoms with Crippen LogP contribution in [0.25, 0.3) is 10.2 Å². The molecular weight excluding hydrogens is 300 g/mol. The highest BCUT2D eigenvalue weighted by Crippen LogP contribution is 2.27. The van der Waals surface area contributed by atoms with E-state index < -0.39 is 6.04 Å². The third-order valence-corrected chi connectivity index (χ3v) is 4.76. The molecule has 0 unspecified atom stereocenters. The minimum atomic E-state index is -0.440. The van der Waals surface area contributed by atoms with E-state index in [-0.39, 0.29) is 18.4 Å². The highest BCUT2D eigenvalue weighted by atomic mass is 32.1. The first-order valence-electron chi connectivity index (χ1n) is 7.26. The lowest BCUT2D eigenvalue weighted by Gasteiger charge is -2.22. The highest BCUT2D eigenvalue weighted by molar-refractivity contribution is 7.22. The van der Waals surface area contributed by atoms with E-state index >= 15 is 0 Å². The van der Waals surface area contributed by atoms with Crippen molar-refractivity contribution in [3.63, 3.8) is 0 Å². The van der Waals surface area contributed by atoms with E-state index in [2.05, 4.69) is 10.3 Å². The van der Waals surface area contributed by atoms with Gasteiger partial charge in [-0.05, 0) is 37.5 Å². The van der Waals surface area contributed by atoms with E-state index in [4.69, 9.17) is 5.73 Å². The molecule has 1 atom stereocenters. The third-order valence-electron chi connectivity index (χ3n) is 3.82. The number of nitrogens with one attached hydrogen (secondary N) is 1. The number of aromatic nitrogens is 1. The van der Waals surface area contributed by atoms with Crippen molar-refractivity contribution in [1.82, 2.24) is 9.88 Å². The molecule has 1 aromatic heterocycles. The maximum absolute atomic E-state index is 12.4. The lowest BCUT2D eigenvalue weighted by Crippen LogP contribution is -2.45. The van der Waals surface area contributed by atoms with Gasteiger partial charge in [-0.1, -0.05) is 17.4 Å². The predicted molar refractivity (Wildman–Crippen MR) is 86.8 cm³/mol. The first kappa shape index (κ1) is 14.9. The number of rotatable bonds is 3. The van der Waals surface area contributed by atoms with Crippen molar-refractivity contribution in [3.8, 4) is 0 Å². The molecular formula is C15H18N4O2S. The molecule has 1 aliphatic rings. The molecule has 7 heteroatoms. The van der Waals surface area contributed by atoms with Gasteiger partial charge in [0.15, 0.2) is 5.13 Å². The molecule has 0 bridgehead atoms. The van der Waals surface area contributed by atoms with Crippen LogP contribution in [0.3, 0.4) is 0 Å². The second-order valence-electron chi connectivity index (χ2n) is 5.43. The van der Waals surface area contributed by atoms with Gasteiger partial charge in [-0.15, -0.1) is 0 Å². The van der Waals surface area contributed by atoms with Gasteiger partial charge >= 0.3 is 0 Å². The van der Waals surface area contributed by atoms with Gasteiger partial charge in [-0.2, -0.15) is 0 Å². The summed E-state index contributed by atoms with van der Waals surface area (Å²) in [5, 5.41) is 3.40. The van der Waals surface area contributed by atoms with Crippen LogP contribution in [0.15, 0.2) is 18.2 Å². The van der Waals surface area contributed by atoms with Crippen molar-refractivity contribution in [2.45, 2.75) is 25.8 Å². The number of carbonyl (C=O) groups excluding carboxylic acids is 2. The monoisotopic (exact) mass is 318 g/mol. The smallest absolute Gasteiger partial charge is 0.248 e. The summed E-state index contributed by atoms with van der Waals surface area (Å²) >= 11 is 1.44. The molecule has 1 fully saturated rings. The number of fused-ring (bicyclic) bond motifs is 1. The number of benzene rings is 1. The van der Waals surface area contributed by atoms with Gasteiger partial charge in [-0.3, -0.25) is 9.59 Å². The summed E-state index contributed by atoms with van der Waals surface area (Å²) in [5.74, 6) is -0.368. The van der Waals surface area contributed by atoms with Gasteiger partial charge in [-0.25, -0.2) is 4.98 Å². The summed E-state index contributed by atoms with van der Waals surface area (Å²) in [6.45, 7) is 2.55. The number of thiazole rings is 1. The summed E-state index contributed by atoms with van der Waals surface area (Å²) in [5.41, 5.74) is 7.42. The topological polar surface area (TPSA) is 88.3 Å². The van der Waals surface area contributed by atoms with Crippen molar-refractivity contribution >= 4 is 38.5 Å². The quantitative estimate of drug-likeness (QED) is 0.897. The highest BCUT2D eigenvalue weighted by Gasteiger charge is 2.33. The Balaban J connectivity index is 1.76. The van der Waals surface area contributed by atoms with Gasteiger partial charge < -0.3 is 16.0 Å². The minimum Gasteiger partial charge on any atom is -0.330 e. The van der Waals surface area contributed by atoms with Crippen LogP contribution in [0.2, 0.25) is 0 Å². The molecule has 22 heavy (non-hydrogen) atoms. The third kappa shape index (κ3) is 2.82. The molecule has 0 spiro atoms. The Kier molecular flexibility index (Phi) is 4.08. The molecule has 2 amide bonds.